The van der Waals surface area contributed by atoms with Gasteiger partial charge in [-0.3, -0.25) is 4.90 Å². The predicted octanol–water partition coefficient (Wildman–Crippen LogP) is 2.23. The van der Waals surface area contributed by atoms with Crippen LogP contribution < -0.4 is 9.80 Å². The summed E-state index contributed by atoms with van der Waals surface area (Å²) in [5.41, 5.74) is 1.11. The SMILES string of the molecule is O=C1OC(CO)CN1c1ccc(N2[C@@H]3CC[C@H]2CSC3)c(F)c1. The Balaban J connectivity index is 1.59. The average Bonchev–Trinajstić information content (AvgIpc) is 3.03. The molecule has 3 atom stereocenters. The van der Waals surface area contributed by atoms with Crippen molar-refractivity contribution < 1.29 is 19.0 Å². The normalized spacial score (nSPS) is 30.0. The van der Waals surface area contributed by atoms with Gasteiger partial charge in [-0.25, -0.2) is 9.18 Å². The minimum Gasteiger partial charge on any atom is -0.441 e. The molecule has 0 aliphatic carbocycles. The summed E-state index contributed by atoms with van der Waals surface area (Å²) in [5.74, 6) is 1.80. The zero-order valence-corrected chi connectivity index (χ0v) is 13.5. The van der Waals surface area contributed by atoms with Gasteiger partial charge < -0.3 is 14.7 Å². The molecule has 3 heterocycles. The Morgan fingerprint density at radius 2 is 2.04 bits per heavy atom. The van der Waals surface area contributed by atoms with E-state index in [1.165, 1.54) is 11.0 Å². The molecule has 3 aliphatic rings. The number of nitrogens with zero attached hydrogens (tertiary/aromatic N) is 2. The summed E-state index contributed by atoms with van der Waals surface area (Å²) in [4.78, 5) is 15.4. The van der Waals surface area contributed by atoms with Gasteiger partial charge in [-0.05, 0) is 31.0 Å². The van der Waals surface area contributed by atoms with Crippen LogP contribution in [0.3, 0.4) is 0 Å². The molecule has 1 amide bonds. The van der Waals surface area contributed by atoms with E-state index < -0.39 is 12.2 Å². The van der Waals surface area contributed by atoms with Crippen LogP contribution in [-0.4, -0.2) is 54.0 Å². The maximum atomic E-state index is 14.7. The van der Waals surface area contributed by atoms with Crippen LogP contribution in [0, 0.1) is 5.82 Å². The van der Waals surface area contributed by atoms with Crippen LogP contribution >= 0.6 is 11.8 Å². The lowest BCUT2D eigenvalue weighted by Crippen LogP contribution is -2.43. The first-order valence-corrected chi connectivity index (χ1v) is 9.07. The van der Waals surface area contributed by atoms with Crippen molar-refractivity contribution in [1.29, 1.82) is 0 Å². The molecule has 2 bridgehead atoms. The topological polar surface area (TPSA) is 53.0 Å². The fourth-order valence-electron chi connectivity index (χ4n) is 3.72. The second-order valence-electron chi connectivity index (χ2n) is 6.26. The quantitative estimate of drug-likeness (QED) is 0.916. The molecule has 3 fully saturated rings. The fourth-order valence-corrected chi connectivity index (χ4v) is 5.06. The smallest absolute Gasteiger partial charge is 0.414 e. The number of carbonyl (C=O) groups excluding carboxylic acids is 1. The molecule has 3 saturated heterocycles. The van der Waals surface area contributed by atoms with Gasteiger partial charge in [0.25, 0.3) is 0 Å². The largest absolute Gasteiger partial charge is 0.441 e. The molecule has 0 saturated carbocycles. The Kier molecular flexibility index (Phi) is 3.85. The Morgan fingerprint density at radius 3 is 2.65 bits per heavy atom. The van der Waals surface area contributed by atoms with E-state index in [9.17, 15) is 9.18 Å². The lowest BCUT2D eigenvalue weighted by Gasteiger charge is -2.36. The maximum Gasteiger partial charge on any atom is 0.414 e. The molecule has 0 spiro atoms. The molecule has 7 heteroatoms. The maximum absolute atomic E-state index is 14.7. The van der Waals surface area contributed by atoms with E-state index in [-0.39, 0.29) is 19.0 Å². The summed E-state index contributed by atoms with van der Waals surface area (Å²) in [7, 11) is 0. The standard InChI is InChI=1S/C16H19FN2O3S/c17-14-5-10(18-6-13(7-20)22-16(18)21)3-4-15(14)19-11-1-2-12(19)9-23-8-11/h3-5,11-13,20H,1-2,6-9H2/t11-,12+,13?. The third-order valence-electron chi connectivity index (χ3n) is 4.84. The summed E-state index contributed by atoms with van der Waals surface area (Å²) in [6, 6.07) is 5.76. The van der Waals surface area contributed by atoms with Gasteiger partial charge in [0.1, 0.15) is 11.9 Å². The number of aliphatic hydroxyl groups excluding tert-OH is 1. The third-order valence-corrected chi connectivity index (χ3v) is 6.08. The summed E-state index contributed by atoms with van der Waals surface area (Å²) < 4.78 is 19.7. The van der Waals surface area contributed by atoms with Gasteiger partial charge in [-0.2, -0.15) is 11.8 Å². The number of aliphatic hydroxyl groups is 1. The monoisotopic (exact) mass is 338 g/mol. The number of fused-ring (bicyclic) bond motifs is 2. The Hall–Kier alpha value is -1.47. The fraction of sp³-hybridized carbons (Fsp3) is 0.562. The van der Waals surface area contributed by atoms with Crippen LogP contribution in [0.5, 0.6) is 0 Å². The van der Waals surface area contributed by atoms with Crippen molar-refractivity contribution in [2.45, 2.75) is 31.0 Å². The van der Waals surface area contributed by atoms with E-state index in [0.29, 0.717) is 23.5 Å². The van der Waals surface area contributed by atoms with Crippen molar-refractivity contribution in [1.82, 2.24) is 0 Å². The lowest BCUT2D eigenvalue weighted by molar-refractivity contribution is 0.0963. The molecule has 23 heavy (non-hydrogen) atoms. The van der Waals surface area contributed by atoms with Crippen molar-refractivity contribution in [3.8, 4) is 0 Å². The van der Waals surface area contributed by atoms with Crippen molar-refractivity contribution >= 4 is 29.2 Å². The number of thioether (sulfide) groups is 1. The Bertz CT molecular complexity index is 613. The zero-order valence-electron chi connectivity index (χ0n) is 12.7. The van der Waals surface area contributed by atoms with Crippen LogP contribution in [0.2, 0.25) is 0 Å². The van der Waals surface area contributed by atoms with Gasteiger partial charge in [0, 0.05) is 23.6 Å². The number of amides is 1. The molecule has 124 valence electrons. The lowest BCUT2D eigenvalue weighted by atomic mass is 10.2. The summed E-state index contributed by atoms with van der Waals surface area (Å²) in [5, 5.41) is 9.10. The van der Waals surface area contributed by atoms with E-state index in [2.05, 4.69) is 4.90 Å². The molecule has 5 nitrogen and oxygen atoms in total. The molecule has 0 radical (unpaired) electrons. The van der Waals surface area contributed by atoms with E-state index >= 15 is 0 Å². The molecule has 1 unspecified atom stereocenters. The summed E-state index contributed by atoms with van der Waals surface area (Å²) in [6.45, 7) is 0.0251. The first kappa shape index (κ1) is 15.1. The number of carbonyl (C=O) groups is 1. The Morgan fingerprint density at radius 1 is 1.30 bits per heavy atom. The minimum absolute atomic E-state index is 0.225. The number of benzene rings is 1. The molecule has 4 rings (SSSR count). The van der Waals surface area contributed by atoms with E-state index in [1.807, 2.05) is 11.8 Å². The molecule has 1 N–H and O–H groups in total. The van der Waals surface area contributed by atoms with Crippen LogP contribution in [0.25, 0.3) is 0 Å². The summed E-state index contributed by atoms with van der Waals surface area (Å²) in [6.07, 6.45) is 1.16. The molecular weight excluding hydrogens is 319 g/mol. The highest BCUT2D eigenvalue weighted by Gasteiger charge is 2.38. The first-order valence-electron chi connectivity index (χ1n) is 7.92. The average molecular weight is 338 g/mol. The molecule has 3 aliphatic heterocycles. The molecule has 1 aromatic rings. The van der Waals surface area contributed by atoms with Crippen LogP contribution in [-0.2, 0) is 4.74 Å². The molecular formula is C16H19FN2O3S. The predicted molar refractivity (Wildman–Crippen MR) is 87.7 cm³/mol. The second-order valence-corrected chi connectivity index (χ2v) is 7.34. The van der Waals surface area contributed by atoms with Gasteiger partial charge in [-0.15, -0.1) is 0 Å². The van der Waals surface area contributed by atoms with Gasteiger partial charge in [0.2, 0.25) is 0 Å². The van der Waals surface area contributed by atoms with Gasteiger partial charge in [0.15, 0.2) is 0 Å². The molecule has 1 aromatic carbocycles. The van der Waals surface area contributed by atoms with Crippen molar-refractivity contribution in [3.05, 3.63) is 24.0 Å². The number of hydrogen-bond donors (Lipinski definition) is 1. The van der Waals surface area contributed by atoms with Crippen molar-refractivity contribution in [2.24, 2.45) is 0 Å². The van der Waals surface area contributed by atoms with Crippen molar-refractivity contribution in [2.75, 3.05) is 34.5 Å². The number of ether oxygens (including phenoxy) is 1. The highest BCUT2D eigenvalue weighted by atomic mass is 32.2. The van der Waals surface area contributed by atoms with Gasteiger partial charge in [0.05, 0.1) is 24.5 Å². The van der Waals surface area contributed by atoms with E-state index in [1.54, 1.807) is 12.1 Å². The number of hydrogen-bond acceptors (Lipinski definition) is 5. The van der Waals surface area contributed by atoms with Crippen molar-refractivity contribution in [3.63, 3.8) is 0 Å². The van der Waals surface area contributed by atoms with Gasteiger partial charge in [-0.1, -0.05) is 0 Å². The number of halogens is 1. The number of rotatable bonds is 3. The van der Waals surface area contributed by atoms with Crippen LogP contribution in [0.1, 0.15) is 12.8 Å². The molecule has 0 aromatic heterocycles. The minimum atomic E-state index is -0.541. The van der Waals surface area contributed by atoms with E-state index in [0.717, 1.165) is 24.3 Å². The first-order chi connectivity index (χ1) is 11.2. The third kappa shape index (κ3) is 2.55. The van der Waals surface area contributed by atoms with Crippen LogP contribution in [0.15, 0.2) is 18.2 Å². The Labute approximate surface area is 138 Å². The highest BCUT2D eigenvalue weighted by molar-refractivity contribution is 7.99. The second kappa shape index (κ2) is 5.87. The van der Waals surface area contributed by atoms with Gasteiger partial charge >= 0.3 is 6.09 Å². The van der Waals surface area contributed by atoms with Crippen LogP contribution in [0.4, 0.5) is 20.6 Å². The number of anilines is 2. The number of cyclic esters (lactones) is 1. The van der Waals surface area contributed by atoms with E-state index in [4.69, 9.17) is 9.84 Å². The zero-order chi connectivity index (χ0) is 16.0. The summed E-state index contributed by atoms with van der Waals surface area (Å²) >= 11 is 1.95. The highest BCUT2D eigenvalue weighted by Crippen LogP contribution is 2.40.